The number of anilines is 3. The van der Waals surface area contributed by atoms with Crippen molar-refractivity contribution in [3.8, 4) is 11.3 Å². The van der Waals surface area contributed by atoms with Crippen LogP contribution in [0.5, 0.6) is 0 Å². The lowest BCUT2D eigenvalue weighted by atomic mass is 10.1. The van der Waals surface area contributed by atoms with Gasteiger partial charge in [-0.05, 0) is 28.1 Å². The fraction of sp³-hybridized carbons (Fsp3) is 0.0500. The van der Waals surface area contributed by atoms with E-state index >= 15 is 0 Å². The highest BCUT2D eigenvalue weighted by atomic mass is 79.9. The van der Waals surface area contributed by atoms with E-state index in [4.69, 9.17) is 4.52 Å². The largest absolute Gasteiger partial charge is 0.359 e. The molecule has 0 saturated heterocycles. The van der Waals surface area contributed by atoms with Gasteiger partial charge in [0.15, 0.2) is 5.76 Å². The van der Waals surface area contributed by atoms with Gasteiger partial charge in [-0.15, -0.1) is 0 Å². The highest BCUT2D eigenvalue weighted by Gasteiger charge is 2.09. The molecule has 0 bridgehead atoms. The van der Waals surface area contributed by atoms with Gasteiger partial charge >= 0.3 is 0 Å². The van der Waals surface area contributed by atoms with E-state index in [1.165, 1.54) is 0 Å². The first-order chi connectivity index (χ1) is 13.3. The molecule has 0 saturated carbocycles. The van der Waals surface area contributed by atoms with Crippen LogP contribution in [0.1, 0.15) is 5.76 Å². The molecule has 2 N–H and O–H groups in total. The van der Waals surface area contributed by atoms with Gasteiger partial charge in [0.1, 0.15) is 11.5 Å². The zero-order valence-electron chi connectivity index (χ0n) is 14.3. The van der Waals surface area contributed by atoms with Gasteiger partial charge in [-0.25, -0.2) is 4.98 Å². The Kier molecular flexibility index (Phi) is 5.11. The van der Waals surface area contributed by atoms with Gasteiger partial charge in [-0.1, -0.05) is 53.7 Å². The zero-order valence-corrected chi connectivity index (χ0v) is 15.8. The average molecular weight is 422 g/mol. The molecule has 27 heavy (non-hydrogen) atoms. The van der Waals surface area contributed by atoms with E-state index in [-0.39, 0.29) is 0 Å². The normalized spacial score (nSPS) is 10.6. The Morgan fingerprint density at radius 2 is 1.70 bits per heavy atom. The molecule has 0 fully saturated rings. The van der Waals surface area contributed by atoms with Crippen LogP contribution in [-0.4, -0.2) is 15.1 Å². The SMILES string of the molecule is Brc1cnc(NCc2cc(-c3ccccc3)no2)nc1Nc1ccccc1. The van der Waals surface area contributed by atoms with Gasteiger partial charge in [0.05, 0.1) is 11.0 Å². The summed E-state index contributed by atoms with van der Waals surface area (Å²) >= 11 is 3.47. The van der Waals surface area contributed by atoms with Gasteiger partial charge in [-0.2, -0.15) is 4.98 Å². The van der Waals surface area contributed by atoms with Gasteiger partial charge in [0, 0.05) is 23.5 Å². The monoisotopic (exact) mass is 421 g/mol. The number of hydrogen-bond donors (Lipinski definition) is 2. The van der Waals surface area contributed by atoms with E-state index < -0.39 is 0 Å². The first kappa shape index (κ1) is 17.2. The number of nitrogens with zero attached hydrogens (tertiary/aromatic N) is 3. The molecule has 4 rings (SSSR count). The van der Waals surface area contributed by atoms with Gasteiger partial charge < -0.3 is 15.2 Å². The first-order valence-electron chi connectivity index (χ1n) is 8.37. The Morgan fingerprint density at radius 3 is 2.48 bits per heavy atom. The summed E-state index contributed by atoms with van der Waals surface area (Å²) in [4.78, 5) is 8.79. The third-order valence-electron chi connectivity index (χ3n) is 3.83. The summed E-state index contributed by atoms with van der Waals surface area (Å²) in [6, 6.07) is 21.6. The van der Waals surface area contributed by atoms with Crippen molar-refractivity contribution in [1.82, 2.24) is 15.1 Å². The smallest absolute Gasteiger partial charge is 0.225 e. The van der Waals surface area contributed by atoms with Crippen molar-refractivity contribution in [3.63, 3.8) is 0 Å². The lowest BCUT2D eigenvalue weighted by Crippen LogP contribution is -2.05. The van der Waals surface area contributed by atoms with E-state index in [1.54, 1.807) is 6.20 Å². The maximum absolute atomic E-state index is 5.40. The fourth-order valence-electron chi connectivity index (χ4n) is 2.51. The van der Waals surface area contributed by atoms with Crippen LogP contribution in [0, 0.1) is 0 Å². The van der Waals surface area contributed by atoms with Crippen molar-refractivity contribution in [2.24, 2.45) is 0 Å². The molecule has 6 nitrogen and oxygen atoms in total. The molecule has 2 heterocycles. The Morgan fingerprint density at radius 1 is 0.963 bits per heavy atom. The Bertz CT molecular complexity index is 1020. The summed E-state index contributed by atoms with van der Waals surface area (Å²) in [5, 5.41) is 10.5. The Labute approximate surface area is 164 Å². The molecular weight excluding hydrogens is 406 g/mol. The zero-order chi connectivity index (χ0) is 18.5. The van der Waals surface area contributed by atoms with Gasteiger partial charge in [-0.3, -0.25) is 0 Å². The summed E-state index contributed by atoms with van der Waals surface area (Å²) < 4.78 is 6.18. The third-order valence-corrected chi connectivity index (χ3v) is 4.41. The summed E-state index contributed by atoms with van der Waals surface area (Å²) in [5.41, 5.74) is 2.77. The van der Waals surface area contributed by atoms with E-state index in [0.717, 1.165) is 21.4 Å². The lowest BCUT2D eigenvalue weighted by molar-refractivity contribution is 0.390. The summed E-state index contributed by atoms with van der Waals surface area (Å²) in [7, 11) is 0. The Hall–Kier alpha value is -3.19. The van der Waals surface area contributed by atoms with Crippen LogP contribution < -0.4 is 10.6 Å². The number of benzene rings is 2. The van der Waals surface area contributed by atoms with Crippen molar-refractivity contribution >= 4 is 33.4 Å². The van der Waals surface area contributed by atoms with Crippen LogP contribution in [0.25, 0.3) is 11.3 Å². The molecule has 0 unspecified atom stereocenters. The number of nitrogens with one attached hydrogen (secondary N) is 2. The molecule has 0 aliphatic carbocycles. The van der Waals surface area contributed by atoms with Crippen LogP contribution >= 0.6 is 15.9 Å². The number of para-hydroxylation sites is 1. The van der Waals surface area contributed by atoms with E-state index in [0.29, 0.717) is 24.1 Å². The van der Waals surface area contributed by atoms with Crippen LogP contribution in [0.3, 0.4) is 0 Å². The molecule has 2 aromatic heterocycles. The van der Waals surface area contributed by atoms with E-state index in [1.807, 2.05) is 66.7 Å². The Balaban J connectivity index is 1.44. The maximum Gasteiger partial charge on any atom is 0.225 e. The first-order valence-corrected chi connectivity index (χ1v) is 9.17. The van der Waals surface area contributed by atoms with Crippen LogP contribution in [-0.2, 0) is 6.54 Å². The van der Waals surface area contributed by atoms with Crippen LogP contribution in [0.15, 0.2) is 81.9 Å². The molecule has 0 radical (unpaired) electrons. The topological polar surface area (TPSA) is 75.9 Å². The van der Waals surface area contributed by atoms with Crippen molar-refractivity contribution in [1.29, 1.82) is 0 Å². The molecule has 0 atom stereocenters. The lowest BCUT2D eigenvalue weighted by Gasteiger charge is -2.09. The predicted molar refractivity (Wildman–Crippen MR) is 109 cm³/mol. The standard InChI is InChI=1S/C20H16BrN5O/c21-17-13-23-20(25-19(17)24-15-9-5-2-6-10-15)22-12-16-11-18(26-27-16)14-7-3-1-4-8-14/h1-11,13H,12H2,(H2,22,23,24,25). The molecule has 0 spiro atoms. The molecule has 0 aliphatic rings. The minimum atomic E-state index is 0.437. The number of rotatable bonds is 6. The second-order valence-electron chi connectivity index (χ2n) is 5.78. The predicted octanol–water partition coefficient (Wildman–Crippen LogP) is 5.25. The van der Waals surface area contributed by atoms with Crippen molar-refractivity contribution in [3.05, 3.63) is 83.2 Å². The van der Waals surface area contributed by atoms with Crippen molar-refractivity contribution in [2.45, 2.75) is 6.54 Å². The molecule has 0 aliphatic heterocycles. The second-order valence-corrected chi connectivity index (χ2v) is 6.63. The minimum absolute atomic E-state index is 0.437. The summed E-state index contributed by atoms with van der Waals surface area (Å²) in [5.74, 6) is 1.88. The maximum atomic E-state index is 5.40. The van der Waals surface area contributed by atoms with Gasteiger partial charge in [0.25, 0.3) is 0 Å². The van der Waals surface area contributed by atoms with Gasteiger partial charge in [0.2, 0.25) is 5.95 Å². The van der Waals surface area contributed by atoms with Crippen molar-refractivity contribution < 1.29 is 4.52 Å². The second kappa shape index (κ2) is 8.01. The molecule has 7 heteroatoms. The van der Waals surface area contributed by atoms with Crippen molar-refractivity contribution in [2.75, 3.05) is 10.6 Å². The minimum Gasteiger partial charge on any atom is -0.359 e. The molecule has 2 aromatic carbocycles. The number of halogens is 1. The number of hydrogen-bond acceptors (Lipinski definition) is 6. The fourth-order valence-corrected chi connectivity index (χ4v) is 2.80. The quantitative estimate of drug-likeness (QED) is 0.442. The van der Waals surface area contributed by atoms with E-state index in [2.05, 4.69) is 41.7 Å². The summed E-state index contributed by atoms with van der Waals surface area (Å²) in [6.45, 7) is 0.437. The molecule has 134 valence electrons. The van der Waals surface area contributed by atoms with E-state index in [9.17, 15) is 0 Å². The van der Waals surface area contributed by atoms with Crippen LogP contribution in [0.2, 0.25) is 0 Å². The highest BCUT2D eigenvalue weighted by molar-refractivity contribution is 9.10. The molecule has 4 aromatic rings. The molecule has 0 amide bonds. The average Bonchev–Trinajstić information content (AvgIpc) is 3.19. The molecular formula is C20H16BrN5O. The summed E-state index contributed by atoms with van der Waals surface area (Å²) in [6.07, 6.45) is 1.70. The van der Waals surface area contributed by atoms with Crippen LogP contribution in [0.4, 0.5) is 17.5 Å². The number of aromatic nitrogens is 3. The highest BCUT2D eigenvalue weighted by Crippen LogP contribution is 2.24. The third kappa shape index (κ3) is 4.32.